The first-order valence-electron chi connectivity index (χ1n) is 8.63. The molecule has 0 heterocycles. The fourth-order valence-electron chi connectivity index (χ4n) is 2.76. The van der Waals surface area contributed by atoms with Crippen LogP contribution in [0.2, 0.25) is 0 Å². The molecular formula is C21H18BrF2O3PS. The summed E-state index contributed by atoms with van der Waals surface area (Å²) in [5.41, 5.74) is -0.700. The van der Waals surface area contributed by atoms with Crippen molar-refractivity contribution in [2.24, 2.45) is 0 Å². The molecule has 0 saturated heterocycles. The standard InChI is InChI=1S/C21H18BrF2O3PS/c22-20-12-16(8-11-19(20)21(23,24)28(25,26)27)14-29-13-15-6-9-18(10-7-15)17-4-2-1-3-5-17/h1-12H,13-14H2,(H2,25,26,27). The lowest BCUT2D eigenvalue weighted by molar-refractivity contribution is 0.0557. The van der Waals surface area contributed by atoms with Gasteiger partial charge in [-0.3, -0.25) is 4.57 Å². The van der Waals surface area contributed by atoms with E-state index in [1.165, 1.54) is 12.1 Å². The lowest BCUT2D eigenvalue weighted by atomic mass is 10.0. The number of thioether (sulfide) groups is 1. The molecule has 0 aromatic heterocycles. The minimum atomic E-state index is -5.59. The molecule has 0 saturated carbocycles. The second-order valence-corrected chi connectivity index (χ2v) is 9.94. The van der Waals surface area contributed by atoms with Crippen molar-refractivity contribution in [2.45, 2.75) is 17.2 Å². The Bertz CT molecular complexity index is 1020. The fourth-order valence-corrected chi connectivity index (χ4v) is 5.04. The van der Waals surface area contributed by atoms with Gasteiger partial charge in [-0.1, -0.05) is 82.7 Å². The number of rotatable bonds is 7. The molecule has 8 heteroatoms. The summed E-state index contributed by atoms with van der Waals surface area (Å²) in [5, 5.41) is 0. The fraction of sp³-hybridized carbons (Fsp3) is 0.143. The molecular weight excluding hydrogens is 481 g/mol. The van der Waals surface area contributed by atoms with Crippen LogP contribution in [0.1, 0.15) is 16.7 Å². The molecule has 0 radical (unpaired) electrons. The van der Waals surface area contributed by atoms with Crippen molar-refractivity contribution < 1.29 is 23.1 Å². The summed E-state index contributed by atoms with van der Waals surface area (Å²) in [6.45, 7) is 0. The summed E-state index contributed by atoms with van der Waals surface area (Å²) < 4.78 is 38.8. The maximum absolute atomic E-state index is 13.9. The normalized spacial score (nSPS) is 12.2. The third-order valence-corrected chi connectivity index (χ3v) is 7.03. The molecule has 152 valence electrons. The number of benzene rings is 3. The van der Waals surface area contributed by atoms with Crippen LogP contribution in [0, 0.1) is 0 Å². The molecule has 0 spiro atoms. The molecule has 0 unspecified atom stereocenters. The van der Waals surface area contributed by atoms with E-state index in [1.807, 2.05) is 18.2 Å². The van der Waals surface area contributed by atoms with Gasteiger partial charge in [0.1, 0.15) is 0 Å². The quantitative estimate of drug-likeness (QED) is 0.352. The van der Waals surface area contributed by atoms with E-state index in [9.17, 15) is 13.3 Å². The number of halogens is 3. The van der Waals surface area contributed by atoms with Crippen LogP contribution in [0.3, 0.4) is 0 Å². The Labute approximate surface area is 180 Å². The van der Waals surface area contributed by atoms with Crippen molar-refractivity contribution in [3.63, 3.8) is 0 Å². The zero-order chi connectivity index (χ0) is 21.1. The Balaban J connectivity index is 1.61. The molecule has 0 aliphatic rings. The van der Waals surface area contributed by atoms with E-state index in [0.29, 0.717) is 5.75 Å². The smallest absolute Gasteiger partial charge is 0.320 e. The van der Waals surface area contributed by atoms with Gasteiger partial charge in [-0.25, -0.2) is 0 Å². The Hall–Kier alpha value is -1.50. The van der Waals surface area contributed by atoms with Gasteiger partial charge in [0, 0.05) is 21.5 Å². The van der Waals surface area contributed by atoms with Crippen molar-refractivity contribution >= 4 is 35.3 Å². The number of alkyl halides is 2. The van der Waals surface area contributed by atoms with Crippen molar-refractivity contribution in [1.29, 1.82) is 0 Å². The van der Waals surface area contributed by atoms with E-state index in [2.05, 4.69) is 52.3 Å². The van der Waals surface area contributed by atoms with Crippen molar-refractivity contribution in [1.82, 2.24) is 0 Å². The van der Waals surface area contributed by atoms with Crippen molar-refractivity contribution in [2.75, 3.05) is 0 Å². The highest BCUT2D eigenvalue weighted by Gasteiger charge is 2.51. The minimum absolute atomic E-state index is 0.0175. The van der Waals surface area contributed by atoms with E-state index in [0.717, 1.165) is 34.1 Å². The molecule has 3 rings (SSSR count). The Morgan fingerprint density at radius 3 is 2.00 bits per heavy atom. The zero-order valence-electron chi connectivity index (χ0n) is 15.1. The van der Waals surface area contributed by atoms with Crippen molar-refractivity contribution in [3.05, 3.63) is 94.0 Å². The summed E-state index contributed by atoms with van der Waals surface area (Å²) in [5.74, 6) is 1.34. The zero-order valence-corrected chi connectivity index (χ0v) is 18.4. The van der Waals surface area contributed by atoms with Gasteiger partial charge >= 0.3 is 13.3 Å². The van der Waals surface area contributed by atoms with Gasteiger partial charge in [0.2, 0.25) is 0 Å². The van der Waals surface area contributed by atoms with E-state index >= 15 is 0 Å². The first-order valence-corrected chi connectivity index (χ1v) is 12.2. The number of hydrogen-bond acceptors (Lipinski definition) is 2. The van der Waals surface area contributed by atoms with Crippen LogP contribution >= 0.6 is 35.3 Å². The Morgan fingerprint density at radius 1 is 0.862 bits per heavy atom. The first-order chi connectivity index (χ1) is 13.7. The maximum Gasteiger partial charge on any atom is 0.399 e. The number of hydrogen-bond donors (Lipinski definition) is 2. The summed E-state index contributed by atoms with van der Waals surface area (Å²) in [4.78, 5) is 17.8. The monoisotopic (exact) mass is 498 g/mol. The van der Waals surface area contributed by atoms with E-state index in [4.69, 9.17) is 9.79 Å². The molecule has 2 N–H and O–H groups in total. The lowest BCUT2D eigenvalue weighted by Crippen LogP contribution is -2.14. The lowest BCUT2D eigenvalue weighted by Gasteiger charge is -2.19. The van der Waals surface area contributed by atoms with Gasteiger partial charge in [-0.2, -0.15) is 20.5 Å². The maximum atomic E-state index is 13.9. The second-order valence-electron chi connectivity index (χ2n) is 6.46. The Morgan fingerprint density at radius 2 is 1.41 bits per heavy atom. The van der Waals surface area contributed by atoms with E-state index in [1.54, 1.807) is 11.8 Å². The van der Waals surface area contributed by atoms with Crippen molar-refractivity contribution in [3.8, 4) is 11.1 Å². The minimum Gasteiger partial charge on any atom is -0.320 e. The molecule has 3 nitrogen and oxygen atoms in total. The van der Waals surface area contributed by atoms with Crippen LogP contribution in [0.5, 0.6) is 0 Å². The van der Waals surface area contributed by atoms with Crippen LogP contribution in [0.25, 0.3) is 11.1 Å². The molecule has 3 aromatic rings. The average molecular weight is 499 g/mol. The predicted octanol–water partition coefficient (Wildman–Crippen LogP) is 6.78. The van der Waals surface area contributed by atoms with Crippen LogP contribution in [0.15, 0.2) is 77.3 Å². The van der Waals surface area contributed by atoms with E-state index in [-0.39, 0.29) is 4.47 Å². The predicted molar refractivity (Wildman–Crippen MR) is 117 cm³/mol. The van der Waals surface area contributed by atoms with Crippen LogP contribution in [0.4, 0.5) is 8.78 Å². The summed E-state index contributed by atoms with van der Waals surface area (Å²) in [7, 11) is -5.59. The summed E-state index contributed by atoms with van der Waals surface area (Å²) in [6, 6.07) is 22.4. The highest BCUT2D eigenvalue weighted by molar-refractivity contribution is 9.10. The summed E-state index contributed by atoms with van der Waals surface area (Å²) in [6.07, 6.45) is 0. The molecule has 0 fully saturated rings. The van der Waals surface area contributed by atoms with Crippen LogP contribution < -0.4 is 0 Å². The molecule has 0 atom stereocenters. The van der Waals surface area contributed by atoms with Crippen LogP contribution in [-0.2, 0) is 21.7 Å². The molecule has 3 aromatic carbocycles. The van der Waals surface area contributed by atoms with Gasteiger partial charge in [-0.05, 0) is 28.3 Å². The third-order valence-electron chi connectivity index (χ3n) is 4.32. The largest absolute Gasteiger partial charge is 0.399 e. The second kappa shape index (κ2) is 9.11. The molecule has 0 amide bonds. The van der Waals surface area contributed by atoms with Gasteiger partial charge in [0.25, 0.3) is 0 Å². The third kappa shape index (κ3) is 5.36. The highest BCUT2D eigenvalue weighted by Crippen LogP contribution is 2.60. The summed E-state index contributed by atoms with van der Waals surface area (Å²) >= 11 is 4.64. The highest BCUT2D eigenvalue weighted by atomic mass is 79.9. The van der Waals surface area contributed by atoms with Crippen LogP contribution in [-0.4, -0.2) is 9.79 Å². The molecule has 0 bridgehead atoms. The van der Waals surface area contributed by atoms with Gasteiger partial charge in [-0.15, -0.1) is 0 Å². The topological polar surface area (TPSA) is 57.5 Å². The molecule has 0 aliphatic carbocycles. The molecule has 29 heavy (non-hydrogen) atoms. The average Bonchev–Trinajstić information content (AvgIpc) is 2.68. The van der Waals surface area contributed by atoms with Gasteiger partial charge < -0.3 is 9.79 Å². The molecule has 0 aliphatic heterocycles. The van der Waals surface area contributed by atoms with Gasteiger partial charge in [0.15, 0.2) is 0 Å². The SMILES string of the molecule is O=P(O)(O)C(F)(F)c1ccc(CSCc2ccc(-c3ccccc3)cc2)cc1Br. The van der Waals surface area contributed by atoms with Gasteiger partial charge in [0.05, 0.1) is 0 Å². The Kier molecular flexibility index (Phi) is 6.97. The first kappa shape index (κ1) is 22.2. The van der Waals surface area contributed by atoms with E-state index < -0.39 is 18.8 Å².